The lowest BCUT2D eigenvalue weighted by Crippen LogP contribution is -2.11. The third kappa shape index (κ3) is 2.68. The predicted molar refractivity (Wildman–Crippen MR) is 71.4 cm³/mol. The molecule has 2 rings (SSSR count). The SMILES string of the molecule is CCNCc1ncc(-c2cccc(OC)c2F)s1. The first kappa shape index (κ1) is 13.0. The number of nitrogens with one attached hydrogen (secondary N) is 1. The van der Waals surface area contributed by atoms with Gasteiger partial charge in [0.1, 0.15) is 5.01 Å². The molecule has 0 radical (unpaired) electrons. The Morgan fingerprint density at radius 3 is 3.00 bits per heavy atom. The summed E-state index contributed by atoms with van der Waals surface area (Å²) in [5, 5.41) is 4.15. The summed E-state index contributed by atoms with van der Waals surface area (Å²) in [6.07, 6.45) is 1.70. The van der Waals surface area contributed by atoms with Crippen molar-refractivity contribution in [2.75, 3.05) is 13.7 Å². The lowest BCUT2D eigenvalue weighted by Gasteiger charge is -2.04. The minimum atomic E-state index is -0.335. The molecule has 0 atom stereocenters. The van der Waals surface area contributed by atoms with E-state index in [2.05, 4.69) is 10.3 Å². The first-order valence-corrected chi connectivity index (χ1v) is 6.56. The Kier molecular flexibility index (Phi) is 4.28. The van der Waals surface area contributed by atoms with Gasteiger partial charge in [0.2, 0.25) is 0 Å². The van der Waals surface area contributed by atoms with Gasteiger partial charge in [-0.15, -0.1) is 11.3 Å². The molecule has 3 nitrogen and oxygen atoms in total. The van der Waals surface area contributed by atoms with Gasteiger partial charge in [-0.1, -0.05) is 19.1 Å². The van der Waals surface area contributed by atoms with E-state index in [1.54, 1.807) is 24.4 Å². The Labute approximate surface area is 110 Å². The number of hydrogen-bond acceptors (Lipinski definition) is 4. The molecule has 0 bridgehead atoms. The normalized spacial score (nSPS) is 10.6. The van der Waals surface area contributed by atoms with Crippen molar-refractivity contribution in [1.82, 2.24) is 10.3 Å². The highest BCUT2D eigenvalue weighted by Gasteiger charge is 2.12. The molecule has 0 unspecified atom stereocenters. The number of rotatable bonds is 5. The minimum Gasteiger partial charge on any atom is -0.494 e. The summed E-state index contributed by atoms with van der Waals surface area (Å²) in [6, 6.07) is 5.13. The van der Waals surface area contributed by atoms with Crippen LogP contribution in [0.3, 0.4) is 0 Å². The van der Waals surface area contributed by atoms with E-state index in [4.69, 9.17) is 4.74 Å². The number of methoxy groups -OCH3 is 1. The Morgan fingerprint density at radius 2 is 2.28 bits per heavy atom. The van der Waals surface area contributed by atoms with Crippen molar-refractivity contribution in [2.45, 2.75) is 13.5 Å². The van der Waals surface area contributed by atoms with E-state index >= 15 is 0 Å². The lowest BCUT2D eigenvalue weighted by molar-refractivity contribution is 0.387. The third-order valence-corrected chi connectivity index (χ3v) is 3.56. The molecule has 0 spiro atoms. The second-order valence-corrected chi connectivity index (χ2v) is 4.84. The van der Waals surface area contributed by atoms with Crippen LogP contribution in [0, 0.1) is 5.82 Å². The standard InChI is InChI=1S/C13H15FN2OS/c1-3-15-8-12-16-7-11(18-12)9-5-4-6-10(17-2)13(9)14/h4-7,15H,3,8H2,1-2H3. The molecular formula is C13H15FN2OS. The average molecular weight is 266 g/mol. The van der Waals surface area contributed by atoms with Crippen LogP contribution in [0.1, 0.15) is 11.9 Å². The molecule has 5 heteroatoms. The van der Waals surface area contributed by atoms with E-state index in [-0.39, 0.29) is 11.6 Å². The number of ether oxygens (including phenoxy) is 1. The van der Waals surface area contributed by atoms with Crippen molar-refractivity contribution in [2.24, 2.45) is 0 Å². The van der Waals surface area contributed by atoms with Crippen molar-refractivity contribution < 1.29 is 9.13 Å². The van der Waals surface area contributed by atoms with Gasteiger partial charge in [-0.3, -0.25) is 0 Å². The van der Waals surface area contributed by atoms with Gasteiger partial charge in [-0.25, -0.2) is 9.37 Å². The third-order valence-electron chi connectivity index (χ3n) is 2.53. The Morgan fingerprint density at radius 1 is 1.44 bits per heavy atom. The van der Waals surface area contributed by atoms with Crippen LogP contribution >= 0.6 is 11.3 Å². The predicted octanol–water partition coefficient (Wildman–Crippen LogP) is 3.07. The Balaban J connectivity index is 2.28. The van der Waals surface area contributed by atoms with Gasteiger partial charge in [0.15, 0.2) is 11.6 Å². The van der Waals surface area contributed by atoms with Crippen molar-refractivity contribution in [3.05, 3.63) is 35.2 Å². The molecule has 18 heavy (non-hydrogen) atoms. The molecule has 96 valence electrons. The summed E-state index contributed by atoms with van der Waals surface area (Å²) in [5.41, 5.74) is 0.537. The second-order valence-electron chi connectivity index (χ2n) is 3.72. The van der Waals surface area contributed by atoms with Crippen LogP contribution < -0.4 is 10.1 Å². The maximum absolute atomic E-state index is 14.1. The maximum atomic E-state index is 14.1. The van der Waals surface area contributed by atoms with Crippen molar-refractivity contribution >= 4 is 11.3 Å². The summed E-state index contributed by atoms with van der Waals surface area (Å²) < 4.78 is 19.0. The second kappa shape index (κ2) is 5.93. The molecule has 0 aliphatic carbocycles. The number of aromatic nitrogens is 1. The van der Waals surface area contributed by atoms with E-state index in [1.807, 2.05) is 6.92 Å². The van der Waals surface area contributed by atoms with Crippen molar-refractivity contribution in [1.29, 1.82) is 0 Å². The highest BCUT2D eigenvalue weighted by molar-refractivity contribution is 7.15. The fraction of sp³-hybridized carbons (Fsp3) is 0.308. The molecule has 0 aliphatic rings. The monoisotopic (exact) mass is 266 g/mol. The van der Waals surface area contributed by atoms with Gasteiger partial charge >= 0.3 is 0 Å². The average Bonchev–Trinajstić information content (AvgIpc) is 2.85. The van der Waals surface area contributed by atoms with E-state index < -0.39 is 0 Å². The van der Waals surface area contributed by atoms with Gasteiger partial charge in [0, 0.05) is 18.3 Å². The Bertz CT molecular complexity index is 527. The van der Waals surface area contributed by atoms with E-state index in [9.17, 15) is 4.39 Å². The molecule has 1 aromatic heterocycles. The number of nitrogens with zero attached hydrogens (tertiary/aromatic N) is 1. The molecule has 2 aromatic rings. The first-order valence-electron chi connectivity index (χ1n) is 5.74. The Hall–Kier alpha value is -1.46. The van der Waals surface area contributed by atoms with Crippen LogP contribution in [0.25, 0.3) is 10.4 Å². The van der Waals surface area contributed by atoms with Crippen LogP contribution in [0.15, 0.2) is 24.4 Å². The van der Waals surface area contributed by atoms with Gasteiger partial charge in [-0.05, 0) is 12.6 Å². The molecule has 0 saturated carbocycles. The van der Waals surface area contributed by atoms with Crippen LogP contribution in [0.5, 0.6) is 5.75 Å². The van der Waals surface area contributed by atoms with Gasteiger partial charge in [-0.2, -0.15) is 0 Å². The fourth-order valence-electron chi connectivity index (χ4n) is 1.61. The number of hydrogen-bond donors (Lipinski definition) is 1. The van der Waals surface area contributed by atoms with Crippen molar-refractivity contribution in [3.63, 3.8) is 0 Å². The van der Waals surface area contributed by atoms with E-state index in [0.717, 1.165) is 16.4 Å². The highest BCUT2D eigenvalue weighted by Crippen LogP contribution is 2.32. The number of halogens is 1. The minimum absolute atomic E-state index is 0.258. The van der Waals surface area contributed by atoms with Crippen LogP contribution in [0.4, 0.5) is 4.39 Å². The zero-order valence-corrected chi connectivity index (χ0v) is 11.2. The molecule has 1 aromatic carbocycles. The molecule has 0 amide bonds. The first-order chi connectivity index (χ1) is 8.76. The van der Waals surface area contributed by atoms with Gasteiger partial charge in [0.25, 0.3) is 0 Å². The number of thiazole rings is 1. The van der Waals surface area contributed by atoms with Gasteiger partial charge < -0.3 is 10.1 Å². The summed E-state index contributed by atoms with van der Waals surface area (Å²) >= 11 is 1.49. The summed E-state index contributed by atoms with van der Waals surface area (Å²) in [4.78, 5) is 5.09. The van der Waals surface area contributed by atoms with Crippen molar-refractivity contribution in [3.8, 4) is 16.2 Å². The van der Waals surface area contributed by atoms with E-state index in [0.29, 0.717) is 12.1 Å². The maximum Gasteiger partial charge on any atom is 0.173 e. The smallest absolute Gasteiger partial charge is 0.173 e. The topological polar surface area (TPSA) is 34.2 Å². The molecule has 0 saturated heterocycles. The quantitative estimate of drug-likeness (QED) is 0.903. The zero-order chi connectivity index (χ0) is 13.0. The van der Waals surface area contributed by atoms with Crippen LogP contribution in [0.2, 0.25) is 0 Å². The fourth-order valence-corrected chi connectivity index (χ4v) is 2.51. The highest BCUT2D eigenvalue weighted by atomic mass is 32.1. The van der Waals surface area contributed by atoms with Crippen LogP contribution in [-0.4, -0.2) is 18.6 Å². The summed E-state index contributed by atoms with van der Waals surface area (Å²) in [7, 11) is 1.46. The summed E-state index contributed by atoms with van der Waals surface area (Å²) in [6.45, 7) is 3.64. The lowest BCUT2D eigenvalue weighted by atomic mass is 10.2. The summed E-state index contributed by atoms with van der Waals surface area (Å²) in [5.74, 6) is -0.0761. The molecular weight excluding hydrogens is 251 g/mol. The van der Waals surface area contributed by atoms with Crippen LogP contribution in [-0.2, 0) is 6.54 Å². The molecule has 1 N–H and O–H groups in total. The molecule has 1 heterocycles. The molecule has 0 aliphatic heterocycles. The van der Waals surface area contributed by atoms with Gasteiger partial charge in [0.05, 0.1) is 12.0 Å². The zero-order valence-electron chi connectivity index (χ0n) is 10.4. The number of benzene rings is 1. The largest absolute Gasteiger partial charge is 0.494 e. The van der Waals surface area contributed by atoms with E-state index in [1.165, 1.54) is 18.4 Å². The molecule has 0 fully saturated rings.